The Kier molecular flexibility index (Phi) is 3.85. The summed E-state index contributed by atoms with van der Waals surface area (Å²) < 4.78 is 1.44. The molecule has 22 heavy (non-hydrogen) atoms. The molecule has 0 N–H and O–H groups in total. The first-order chi connectivity index (χ1) is 10.4. The minimum absolute atomic E-state index is 0.105. The molecule has 0 amide bonds. The maximum absolute atomic E-state index is 12.6. The molecule has 112 valence electrons. The zero-order valence-corrected chi connectivity index (χ0v) is 16.2. The summed E-state index contributed by atoms with van der Waals surface area (Å²) in [6.45, 7) is 0. The summed E-state index contributed by atoms with van der Waals surface area (Å²) in [5.41, 5.74) is 4.56. The van der Waals surface area contributed by atoms with Crippen molar-refractivity contribution in [3.63, 3.8) is 0 Å². The van der Waals surface area contributed by atoms with Crippen molar-refractivity contribution in [1.82, 2.24) is 0 Å². The number of nitrogens with zero attached hydrogens (tertiary/aromatic N) is 1. The van der Waals surface area contributed by atoms with E-state index in [1.807, 2.05) is 24.3 Å². The molecule has 0 aliphatic heterocycles. The Labute approximate surface area is 134 Å². The number of rotatable bonds is 3. The van der Waals surface area contributed by atoms with Crippen LogP contribution >= 0.6 is 0 Å². The Morgan fingerprint density at radius 2 is 1.68 bits per heavy atom. The summed E-state index contributed by atoms with van der Waals surface area (Å²) in [7, 11) is 1.50. The van der Waals surface area contributed by atoms with Crippen molar-refractivity contribution in [3.05, 3.63) is 53.1 Å². The topological polar surface area (TPSA) is 38.7 Å². The van der Waals surface area contributed by atoms with Crippen LogP contribution in [0.5, 0.6) is 0 Å². The van der Waals surface area contributed by atoms with Gasteiger partial charge < -0.3 is 0 Å². The fraction of sp³-hybridized carbons (Fsp3) is 0.222. The molecule has 0 unspecified atom stereocenters. The SMILES string of the molecule is CON=Cc1ccc2c(c1)C(=O)c1cc[c]([Sn]([CH3])([CH3])[CH3])cc1-2. The average Bonchev–Trinajstić information content (AvgIpc) is 2.77. The Hall–Kier alpha value is -1.62. The van der Waals surface area contributed by atoms with Crippen LogP contribution in [0.2, 0.25) is 14.8 Å². The standard InChI is InChI=1S/C15H10NO2.3CH3.Sn/c1-18-16-9-10-6-7-12-11-4-2-3-5-13(11)15(17)14(12)8-10;;;;/h3-9H,1H3;3*1H3;. The molecular weight excluding hydrogens is 381 g/mol. The van der Waals surface area contributed by atoms with Crippen molar-refractivity contribution in [2.24, 2.45) is 5.16 Å². The molecule has 4 heteroatoms. The molecule has 0 saturated carbocycles. The van der Waals surface area contributed by atoms with Crippen molar-refractivity contribution in [2.45, 2.75) is 14.8 Å². The van der Waals surface area contributed by atoms with Gasteiger partial charge in [0.1, 0.15) is 0 Å². The monoisotopic (exact) mass is 401 g/mol. The van der Waals surface area contributed by atoms with E-state index in [4.69, 9.17) is 4.84 Å². The third-order valence-electron chi connectivity index (χ3n) is 4.02. The van der Waals surface area contributed by atoms with E-state index in [0.717, 1.165) is 27.8 Å². The Morgan fingerprint density at radius 1 is 0.955 bits per heavy atom. The number of carbonyl (C=O) groups is 1. The van der Waals surface area contributed by atoms with Crippen LogP contribution in [0.25, 0.3) is 11.1 Å². The number of carbonyl (C=O) groups excluding carboxylic acids is 1. The molecule has 3 nitrogen and oxygen atoms in total. The summed E-state index contributed by atoms with van der Waals surface area (Å²) in [6.07, 6.45) is 1.62. The number of hydrogen-bond acceptors (Lipinski definition) is 3. The van der Waals surface area contributed by atoms with Gasteiger partial charge in [0.2, 0.25) is 0 Å². The van der Waals surface area contributed by atoms with Crippen molar-refractivity contribution < 1.29 is 9.63 Å². The van der Waals surface area contributed by atoms with Crippen LogP contribution in [0.3, 0.4) is 0 Å². The van der Waals surface area contributed by atoms with E-state index in [1.54, 1.807) is 6.21 Å². The maximum atomic E-state index is 12.6. The van der Waals surface area contributed by atoms with Gasteiger partial charge in [0, 0.05) is 0 Å². The normalized spacial score (nSPS) is 13.4. The number of ketones is 1. The predicted octanol–water partition coefficient (Wildman–Crippen LogP) is 3.42. The molecule has 0 radical (unpaired) electrons. The molecule has 2 aromatic carbocycles. The number of fused-ring (bicyclic) bond motifs is 3. The molecule has 1 aliphatic carbocycles. The van der Waals surface area contributed by atoms with Gasteiger partial charge in [-0.3, -0.25) is 0 Å². The van der Waals surface area contributed by atoms with Gasteiger partial charge in [-0.1, -0.05) is 0 Å². The number of benzene rings is 2. The van der Waals surface area contributed by atoms with Crippen LogP contribution in [0.1, 0.15) is 21.5 Å². The predicted molar refractivity (Wildman–Crippen MR) is 92.9 cm³/mol. The van der Waals surface area contributed by atoms with E-state index in [-0.39, 0.29) is 5.78 Å². The Bertz CT molecular complexity index is 788. The van der Waals surface area contributed by atoms with E-state index in [1.165, 1.54) is 10.7 Å². The third kappa shape index (κ3) is 2.58. The zero-order chi connectivity index (χ0) is 15.9. The van der Waals surface area contributed by atoms with Crippen LogP contribution in [0.15, 0.2) is 41.6 Å². The zero-order valence-electron chi connectivity index (χ0n) is 13.3. The second-order valence-corrected chi connectivity index (χ2v) is 21.1. The van der Waals surface area contributed by atoms with Crippen molar-refractivity contribution >= 4 is 34.0 Å². The average molecular weight is 400 g/mol. The second kappa shape index (κ2) is 5.54. The quantitative estimate of drug-likeness (QED) is 0.384. The van der Waals surface area contributed by atoms with Gasteiger partial charge in [0.05, 0.1) is 0 Å². The van der Waals surface area contributed by atoms with Gasteiger partial charge in [-0.05, 0) is 0 Å². The first-order valence-corrected chi connectivity index (χ1v) is 17.3. The van der Waals surface area contributed by atoms with Gasteiger partial charge in [-0.15, -0.1) is 0 Å². The van der Waals surface area contributed by atoms with Gasteiger partial charge in [-0.25, -0.2) is 0 Å². The van der Waals surface area contributed by atoms with Gasteiger partial charge in [0.15, 0.2) is 0 Å². The van der Waals surface area contributed by atoms with Crippen LogP contribution in [0, 0.1) is 0 Å². The van der Waals surface area contributed by atoms with Crippen molar-refractivity contribution in [2.75, 3.05) is 7.11 Å². The molecule has 1 aliphatic rings. The fourth-order valence-corrected chi connectivity index (χ4v) is 6.07. The summed E-state index contributed by atoms with van der Waals surface area (Å²) in [4.78, 5) is 24.5. The first-order valence-electron chi connectivity index (χ1n) is 7.32. The molecule has 0 heterocycles. The van der Waals surface area contributed by atoms with Crippen LogP contribution < -0.4 is 3.58 Å². The van der Waals surface area contributed by atoms with E-state index in [2.05, 4.69) is 32.1 Å². The molecule has 0 aromatic heterocycles. The van der Waals surface area contributed by atoms with Crippen LogP contribution in [-0.4, -0.2) is 37.5 Å². The molecule has 3 rings (SSSR count). The van der Waals surface area contributed by atoms with Crippen molar-refractivity contribution in [1.29, 1.82) is 0 Å². The van der Waals surface area contributed by atoms with Crippen LogP contribution in [0.4, 0.5) is 0 Å². The molecule has 0 spiro atoms. The summed E-state index contributed by atoms with van der Waals surface area (Å²) in [6, 6.07) is 12.2. The Morgan fingerprint density at radius 3 is 2.36 bits per heavy atom. The van der Waals surface area contributed by atoms with Gasteiger partial charge in [-0.2, -0.15) is 0 Å². The van der Waals surface area contributed by atoms with Crippen LogP contribution in [-0.2, 0) is 4.84 Å². The van der Waals surface area contributed by atoms with Crippen molar-refractivity contribution in [3.8, 4) is 11.1 Å². The Balaban J connectivity index is 2.12. The fourth-order valence-electron chi connectivity index (χ4n) is 2.76. The minimum atomic E-state index is -2.14. The van der Waals surface area contributed by atoms with E-state index in [0.29, 0.717) is 0 Å². The first kappa shape index (κ1) is 15.3. The molecule has 0 saturated heterocycles. The third-order valence-corrected chi connectivity index (χ3v) is 9.85. The summed E-state index contributed by atoms with van der Waals surface area (Å²) in [5.74, 6) is 0.105. The molecular formula is C18H19NO2Sn. The van der Waals surface area contributed by atoms with E-state index in [9.17, 15) is 4.79 Å². The van der Waals surface area contributed by atoms with Gasteiger partial charge in [0.25, 0.3) is 0 Å². The molecule has 2 aromatic rings. The summed E-state index contributed by atoms with van der Waals surface area (Å²) >= 11 is -2.14. The number of oxime groups is 1. The second-order valence-electron chi connectivity index (χ2n) is 6.56. The van der Waals surface area contributed by atoms with E-state index < -0.39 is 18.4 Å². The molecule has 0 fully saturated rings. The molecule has 0 atom stereocenters. The van der Waals surface area contributed by atoms with Gasteiger partial charge >= 0.3 is 135 Å². The summed E-state index contributed by atoms with van der Waals surface area (Å²) in [5, 5.41) is 3.76. The number of hydrogen-bond donors (Lipinski definition) is 0. The van der Waals surface area contributed by atoms with E-state index >= 15 is 0 Å². The molecule has 0 bridgehead atoms.